The summed E-state index contributed by atoms with van der Waals surface area (Å²) in [6.07, 6.45) is 7.30. The molecule has 0 atom stereocenters. The molecule has 0 unspecified atom stereocenters. The molecule has 0 saturated heterocycles. The zero-order chi connectivity index (χ0) is 18.0. The molecule has 2 aromatic heterocycles. The number of H-pyrrole nitrogens is 1. The van der Waals surface area contributed by atoms with E-state index >= 15 is 0 Å². The van der Waals surface area contributed by atoms with Crippen LogP contribution in [0.25, 0.3) is 11.0 Å². The predicted molar refractivity (Wildman–Crippen MR) is 99.1 cm³/mol. The molecule has 1 fully saturated rings. The quantitative estimate of drug-likeness (QED) is 0.388. The topological polar surface area (TPSA) is 108 Å². The molecule has 0 spiro atoms. The van der Waals surface area contributed by atoms with E-state index in [1.165, 1.54) is 0 Å². The Morgan fingerprint density at radius 2 is 2.08 bits per heavy atom. The van der Waals surface area contributed by atoms with Crippen LogP contribution < -0.4 is 11.1 Å². The molecule has 0 aliphatic heterocycles. The van der Waals surface area contributed by atoms with Gasteiger partial charge in [-0.3, -0.25) is 9.28 Å². The summed E-state index contributed by atoms with van der Waals surface area (Å²) >= 11 is 0. The summed E-state index contributed by atoms with van der Waals surface area (Å²) in [6.45, 7) is 0.859. The lowest BCUT2D eigenvalue weighted by atomic mass is 9.81. The fourth-order valence-electron chi connectivity index (χ4n) is 3.66. The number of aromatic amines is 1. The highest BCUT2D eigenvalue weighted by atomic mass is 16.1. The zero-order valence-electron chi connectivity index (χ0n) is 14.9. The Morgan fingerprint density at radius 1 is 1.36 bits per heavy atom. The van der Waals surface area contributed by atoms with E-state index in [0.29, 0.717) is 10.4 Å². The number of quaternary nitrogens is 1. The maximum Gasteiger partial charge on any atom is 0.291 e. The molecule has 5 N–H and O–H groups in total. The second kappa shape index (κ2) is 6.84. The van der Waals surface area contributed by atoms with Crippen molar-refractivity contribution in [2.75, 3.05) is 26.0 Å². The summed E-state index contributed by atoms with van der Waals surface area (Å²) in [6, 6.07) is 3.77. The molecule has 7 nitrogen and oxygen atoms in total. The van der Waals surface area contributed by atoms with Crippen molar-refractivity contribution in [2.45, 2.75) is 25.7 Å². The van der Waals surface area contributed by atoms with Crippen LogP contribution in [0.5, 0.6) is 0 Å². The summed E-state index contributed by atoms with van der Waals surface area (Å²) in [7, 11) is 3.93. The summed E-state index contributed by atoms with van der Waals surface area (Å²) < 4.78 is 0.421. The molecule has 3 rings (SSSR count). The Labute approximate surface area is 147 Å². The smallest absolute Gasteiger partial charge is 0.291 e. The molecule has 134 valence electrons. The number of rotatable bonds is 4. The SMILES string of the molecule is C[N+](C)(C[C@H]1CC[C@H](C(=O)Nc2ccnc3[nH]ccc23)CC1)C(=N)N. The maximum atomic E-state index is 12.6. The fourth-order valence-corrected chi connectivity index (χ4v) is 3.66. The van der Waals surface area contributed by atoms with Crippen LogP contribution in [0.1, 0.15) is 25.7 Å². The Morgan fingerprint density at radius 3 is 2.76 bits per heavy atom. The average Bonchev–Trinajstić information content (AvgIpc) is 3.04. The lowest BCUT2D eigenvalue weighted by Gasteiger charge is -2.34. The Hall–Kier alpha value is -2.41. The number of pyridine rings is 1. The number of amides is 1. The molecule has 1 aliphatic carbocycles. The van der Waals surface area contributed by atoms with Crippen molar-refractivity contribution in [1.82, 2.24) is 9.97 Å². The van der Waals surface area contributed by atoms with Crippen LogP contribution in [0, 0.1) is 17.2 Å². The van der Waals surface area contributed by atoms with Crippen LogP contribution in [0.3, 0.4) is 0 Å². The summed E-state index contributed by atoms with van der Waals surface area (Å²) in [5, 5.41) is 11.7. The minimum absolute atomic E-state index is 0.0475. The molecule has 0 aromatic carbocycles. The number of nitrogens with one attached hydrogen (secondary N) is 3. The van der Waals surface area contributed by atoms with Crippen LogP contribution in [0.2, 0.25) is 0 Å². The zero-order valence-corrected chi connectivity index (χ0v) is 14.9. The minimum atomic E-state index is 0.0475. The van der Waals surface area contributed by atoms with E-state index in [2.05, 4.69) is 15.3 Å². The lowest BCUT2D eigenvalue weighted by Crippen LogP contribution is -2.52. The van der Waals surface area contributed by atoms with Crippen molar-refractivity contribution < 1.29 is 9.28 Å². The van der Waals surface area contributed by atoms with Crippen LogP contribution in [-0.4, -0.2) is 47.0 Å². The first-order chi connectivity index (χ1) is 11.9. The minimum Gasteiger partial charge on any atom is -0.346 e. The molecule has 0 radical (unpaired) electrons. The number of anilines is 1. The maximum absolute atomic E-state index is 12.6. The average molecular weight is 343 g/mol. The number of hydrogen-bond donors (Lipinski definition) is 4. The first kappa shape index (κ1) is 17.4. The third-order valence-electron chi connectivity index (χ3n) is 5.30. The van der Waals surface area contributed by atoms with Gasteiger partial charge in [0.2, 0.25) is 5.91 Å². The highest BCUT2D eigenvalue weighted by Gasteiger charge is 2.31. The molecule has 2 aromatic rings. The number of nitrogens with two attached hydrogens (primary N) is 1. The van der Waals surface area contributed by atoms with Gasteiger partial charge >= 0.3 is 0 Å². The van der Waals surface area contributed by atoms with Crippen molar-refractivity contribution >= 4 is 28.6 Å². The number of hydrogen-bond acceptors (Lipinski definition) is 3. The molecular formula is C18H27N6O+. The molecule has 7 heteroatoms. The largest absolute Gasteiger partial charge is 0.346 e. The van der Waals surface area contributed by atoms with E-state index in [-0.39, 0.29) is 17.8 Å². The molecular weight excluding hydrogens is 316 g/mol. The number of guanidine groups is 1. The third kappa shape index (κ3) is 3.82. The highest BCUT2D eigenvalue weighted by Crippen LogP contribution is 2.31. The van der Waals surface area contributed by atoms with Gasteiger partial charge in [0.15, 0.2) is 0 Å². The van der Waals surface area contributed by atoms with Gasteiger partial charge in [-0.1, -0.05) is 0 Å². The Bertz CT molecular complexity index is 773. The van der Waals surface area contributed by atoms with Crippen molar-refractivity contribution in [3.05, 3.63) is 24.5 Å². The van der Waals surface area contributed by atoms with Crippen LogP contribution >= 0.6 is 0 Å². The summed E-state index contributed by atoms with van der Waals surface area (Å²) in [5.41, 5.74) is 7.26. The number of aromatic nitrogens is 2. The number of carbonyl (C=O) groups excluding carboxylic acids is 1. The van der Waals surface area contributed by atoms with Gasteiger partial charge in [-0.15, -0.1) is 0 Å². The van der Waals surface area contributed by atoms with Gasteiger partial charge in [0, 0.05) is 29.6 Å². The van der Waals surface area contributed by atoms with Gasteiger partial charge in [-0.05, 0) is 37.8 Å². The normalized spacial score (nSPS) is 21.2. The number of fused-ring (bicyclic) bond motifs is 1. The first-order valence-electron chi connectivity index (χ1n) is 8.77. The molecule has 0 bridgehead atoms. The van der Waals surface area contributed by atoms with Crippen molar-refractivity contribution in [3.8, 4) is 0 Å². The van der Waals surface area contributed by atoms with E-state index in [1.807, 2.05) is 32.4 Å². The van der Waals surface area contributed by atoms with Crippen molar-refractivity contribution in [1.29, 1.82) is 5.41 Å². The fraction of sp³-hybridized carbons (Fsp3) is 0.500. The summed E-state index contributed by atoms with van der Waals surface area (Å²) in [4.78, 5) is 19.9. The number of carbonyl (C=O) groups is 1. The van der Waals surface area contributed by atoms with Crippen LogP contribution in [0.4, 0.5) is 5.69 Å². The monoisotopic (exact) mass is 343 g/mol. The predicted octanol–water partition coefficient (Wildman–Crippen LogP) is 2.28. The lowest BCUT2D eigenvalue weighted by molar-refractivity contribution is -0.805. The van der Waals surface area contributed by atoms with Crippen molar-refractivity contribution in [2.24, 2.45) is 17.6 Å². The van der Waals surface area contributed by atoms with E-state index in [1.54, 1.807) is 6.20 Å². The number of nitrogens with zero attached hydrogens (tertiary/aromatic N) is 2. The Balaban J connectivity index is 1.57. The second-order valence-corrected chi connectivity index (χ2v) is 7.56. The highest BCUT2D eigenvalue weighted by molar-refractivity contribution is 6.00. The van der Waals surface area contributed by atoms with Gasteiger partial charge in [0.25, 0.3) is 5.96 Å². The molecule has 1 saturated carbocycles. The van der Waals surface area contributed by atoms with Gasteiger partial charge in [-0.25, -0.2) is 10.4 Å². The van der Waals surface area contributed by atoms with Gasteiger partial charge in [0.05, 0.1) is 26.3 Å². The molecule has 25 heavy (non-hydrogen) atoms. The van der Waals surface area contributed by atoms with Gasteiger partial charge in [0.1, 0.15) is 5.65 Å². The van der Waals surface area contributed by atoms with Crippen LogP contribution in [-0.2, 0) is 4.79 Å². The molecule has 1 aliphatic rings. The van der Waals surface area contributed by atoms with Gasteiger partial charge in [-0.2, -0.15) is 0 Å². The van der Waals surface area contributed by atoms with E-state index in [0.717, 1.165) is 48.9 Å². The van der Waals surface area contributed by atoms with Gasteiger partial charge < -0.3 is 16.0 Å². The standard InChI is InChI=1S/C18H26N6O/c1-24(2,18(19)20)11-12-3-5-13(6-4-12)17(25)23-15-8-10-22-16-14(15)7-9-21-16/h7-10,12-13H,3-6,11H2,1-2H3,(H4-,19,20,21,22,23,25)/p+1/t12-,13-. The van der Waals surface area contributed by atoms with E-state index in [4.69, 9.17) is 11.1 Å². The first-order valence-corrected chi connectivity index (χ1v) is 8.77. The van der Waals surface area contributed by atoms with Crippen molar-refractivity contribution in [3.63, 3.8) is 0 Å². The van der Waals surface area contributed by atoms with E-state index in [9.17, 15) is 4.79 Å². The van der Waals surface area contributed by atoms with E-state index < -0.39 is 0 Å². The van der Waals surface area contributed by atoms with Crippen LogP contribution in [0.15, 0.2) is 24.5 Å². The third-order valence-corrected chi connectivity index (χ3v) is 5.30. The molecule has 2 heterocycles. The summed E-state index contributed by atoms with van der Waals surface area (Å²) in [5.74, 6) is 0.840. The Kier molecular flexibility index (Phi) is 4.76. The second-order valence-electron chi connectivity index (χ2n) is 7.56. The molecule has 1 amide bonds.